The number of halogens is 1. The molecule has 0 aliphatic carbocycles. The zero-order valence-corrected chi connectivity index (χ0v) is 12.5. The van der Waals surface area contributed by atoms with Crippen LogP contribution in [-0.2, 0) is 6.54 Å². The molecule has 1 aromatic rings. The fourth-order valence-electron chi connectivity index (χ4n) is 1.62. The minimum Gasteiger partial charge on any atom is -0.497 e. The predicted octanol–water partition coefficient (Wildman–Crippen LogP) is 2.91. The molecule has 1 N–H and O–H groups in total. The molecule has 0 aromatic carbocycles. The number of hydrogen-bond acceptors (Lipinski definition) is 3. The van der Waals surface area contributed by atoms with E-state index in [0.717, 1.165) is 29.0 Å². The highest BCUT2D eigenvalue weighted by Crippen LogP contribution is 2.14. The molecule has 0 aliphatic heterocycles. The second-order valence-electron chi connectivity index (χ2n) is 4.53. The fraction of sp³-hybridized carbons (Fsp3) is 0.615. The molecular weight excluding hydrogens is 280 g/mol. The van der Waals surface area contributed by atoms with Crippen LogP contribution in [0.4, 0.5) is 0 Å². The number of methoxy groups -OCH3 is 1. The summed E-state index contributed by atoms with van der Waals surface area (Å²) < 4.78 is 5.24. The number of pyridine rings is 1. The van der Waals surface area contributed by atoms with Crippen LogP contribution in [0.3, 0.4) is 0 Å². The van der Waals surface area contributed by atoms with Crippen LogP contribution in [0.25, 0.3) is 0 Å². The SMILES string of the molecule is COc1cc(C)nc(CNC(CBr)C(C)C)c1. The molecule has 0 saturated carbocycles. The maximum Gasteiger partial charge on any atom is 0.122 e. The number of nitrogens with zero attached hydrogens (tertiary/aromatic N) is 1. The molecule has 17 heavy (non-hydrogen) atoms. The van der Waals surface area contributed by atoms with Gasteiger partial charge < -0.3 is 10.1 Å². The van der Waals surface area contributed by atoms with E-state index >= 15 is 0 Å². The Hall–Kier alpha value is -0.610. The van der Waals surface area contributed by atoms with Gasteiger partial charge in [0.2, 0.25) is 0 Å². The molecule has 0 radical (unpaired) electrons. The molecule has 1 heterocycles. The van der Waals surface area contributed by atoms with Crippen molar-refractivity contribution in [2.75, 3.05) is 12.4 Å². The number of aryl methyl sites for hydroxylation is 1. The van der Waals surface area contributed by atoms with Gasteiger partial charge in [-0.3, -0.25) is 4.98 Å². The van der Waals surface area contributed by atoms with Crippen molar-refractivity contribution in [3.63, 3.8) is 0 Å². The van der Waals surface area contributed by atoms with Crippen molar-refractivity contribution in [3.05, 3.63) is 23.5 Å². The van der Waals surface area contributed by atoms with E-state index in [0.29, 0.717) is 12.0 Å². The van der Waals surface area contributed by atoms with Gasteiger partial charge in [0, 0.05) is 35.7 Å². The molecular formula is C13H21BrN2O. The summed E-state index contributed by atoms with van der Waals surface area (Å²) in [5.74, 6) is 1.47. The first kappa shape index (κ1) is 14.5. The lowest BCUT2D eigenvalue weighted by molar-refractivity contribution is 0.409. The van der Waals surface area contributed by atoms with E-state index in [-0.39, 0.29) is 0 Å². The Balaban J connectivity index is 2.65. The normalized spacial score (nSPS) is 12.8. The van der Waals surface area contributed by atoms with Crippen LogP contribution in [0, 0.1) is 12.8 Å². The summed E-state index contributed by atoms with van der Waals surface area (Å²) in [7, 11) is 1.68. The third kappa shape index (κ3) is 4.64. The lowest BCUT2D eigenvalue weighted by Gasteiger charge is -2.19. The van der Waals surface area contributed by atoms with Gasteiger partial charge in [-0.05, 0) is 12.8 Å². The second-order valence-corrected chi connectivity index (χ2v) is 5.17. The standard InChI is InChI=1S/C13H21BrN2O/c1-9(2)13(7-14)15-8-11-6-12(17-4)5-10(3)16-11/h5-6,9,13,15H,7-8H2,1-4H3. The van der Waals surface area contributed by atoms with E-state index in [9.17, 15) is 0 Å². The van der Waals surface area contributed by atoms with Crippen molar-refractivity contribution in [1.29, 1.82) is 0 Å². The van der Waals surface area contributed by atoms with Gasteiger partial charge in [0.15, 0.2) is 0 Å². The molecule has 3 nitrogen and oxygen atoms in total. The summed E-state index contributed by atoms with van der Waals surface area (Å²) in [6.45, 7) is 7.18. The van der Waals surface area contributed by atoms with Crippen LogP contribution < -0.4 is 10.1 Å². The highest BCUT2D eigenvalue weighted by molar-refractivity contribution is 9.09. The minimum atomic E-state index is 0.461. The monoisotopic (exact) mass is 300 g/mol. The van der Waals surface area contributed by atoms with E-state index in [4.69, 9.17) is 4.74 Å². The van der Waals surface area contributed by atoms with Crippen molar-refractivity contribution in [2.45, 2.75) is 33.4 Å². The van der Waals surface area contributed by atoms with E-state index in [2.05, 4.69) is 40.1 Å². The van der Waals surface area contributed by atoms with Crippen molar-refractivity contribution < 1.29 is 4.74 Å². The summed E-state index contributed by atoms with van der Waals surface area (Å²) in [6.07, 6.45) is 0. The molecule has 0 aliphatic rings. The minimum absolute atomic E-state index is 0.461. The van der Waals surface area contributed by atoms with Crippen LogP contribution in [-0.4, -0.2) is 23.5 Å². The Morgan fingerprint density at radius 2 is 2.12 bits per heavy atom. The quantitative estimate of drug-likeness (QED) is 0.820. The molecule has 1 rings (SSSR count). The Kier molecular flexibility index (Phi) is 5.92. The Morgan fingerprint density at radius 3 is 2.65 bits per heavy atom. The van der Waals surface area contributed by atoms with Crippen molar-refractivity contribution in [3.8, 4) is 5.75 Å². The first-order valence-electron chi connectivity index (χ1n) is 5.87. The molecule has 0 amide bonds. The summed E-state index contributed by atoms with van der Waals surface area (Å²) in [6, 6.07) is 4.38. The van der Waals surface area contributed by atoms with Crippen LogP contribution in [0.2, 0.25) is 0 Å². The molecule has 1 unspecified atom stereocenters. The third-order valence-electron chi connectivity index (χ3n) is 2.73. The van der Waals surface area contributed by atoms with Gasteiger partial charge in [0.25, 0.3) is 0 Å². The highest BCUT2D eigenvalue weighted by Gasteiger charge is 2.11. The molecule has 0 bridgehead atoms. The molecule has 1 aromatic heterocycles. The van der Waals surface area contributed by atoms with Crippen LogP contribution in [0.15, 0.2) is 12.1 Å². The number of hydrogen-bond donors (Lipinski definition) is 1. The molecule has 4 heteroatoms. The van der Waals surface area contributed by atoms with Gasteiger partial charge in [0.05, 0.1) is 12.8 Å². The number of nitrogens with one attached hydrogen (secondary N) is 1. The van der Waals surface area contributed by atoms with E-state index in [1.165, 1.54) is 0 Å². The van der Waals surface area contributed by atoms with Crippen LogP contribution >= 0.6 is 15.9 Å². The van der Waals surface area contributed by atoms with Crippen LogP contribution in [0.5, 0.6) is 5.75 Å². The average molecular weight is 301 g/mol. The summed E-state index contributed by atoms with van der Waals surface area (Å²) in [5.41, 5.74) is 2.01. The molecule has 96 valence electrons. The van der Waals surface area contributed by atoms with E-state index in [1.54, 1.807) is 7.11 Å². The van der Waals surface area contributed by atoms with Crippen molar-refractivity contribution in [2.24, 2.45) is 5.92 Å². The topological polar surface area (TPSA) is 34.1 Å². The lowest BCUT2D eigenvalue weighted by Crippen LogP contribution is -2.35. The summed E-state index contributed by atoms with van der Waals surface area (Å²) >= 11 is 3.52. The van der Waals surface area contributed by atoms with E-state index < -0.39 is 0 Å². The number of rotatable bonds is 6. The van der Waals surface area contributed by atoms with Crippen molar-refractivity contribution >= 4 is 15.9 Å². The Morgan fingerprint density at radius 1 is 1.41 bits per heavy atom. The van der Waals surface area contributed by atoms with Crippen LogP contribution in [0.1, 0.15) is 25.2 Å². The maximum absolute atomic E-state index is 5.24. The zero-order valence-electron chi connectivity index (χ0n) is 11.0. The van der Waals surface area contributed by atoms with Gasteiger partial charge in [-0.1, -0.05) is 29.8 Å². The first-order valence-corrected chi connectivity index (χ1v) is 7.00. The van der Waals surface area contributed by atoms with Gasteiger partial charge in [-0.2, -0.15) is 0 Å². The number of aromatic nitrogens is 1. The van der Waals surface area contributed by atoms with Crippen molar-refractivity contribution in [1.82, 2.24) is 10.3 Å². The van der Waals surface area contributed by atoms with Gasteiger partial charge in [-0.15, -0.1) is 0 Å². The fourth-order valence-corrected chi connectivity index (χ4v) is 2.59. The Labute approximate surface area is 112 Å². The van der Waals surface area contributed by atoms with Gasteiger partial charge >= 0.3 is 0 Å². The number of ether oxygens (including phenoxy) is 1. The Bertz CT molecular complexity index is 355. The second kappa shape index (κ2) is 6.97. The lowest BCUT2D eigenvalue weighted by atomic mass is 10.1. The van der Waals surface area contributed by atoms with E-state index in [1.807, 2.05) is 19.1 Å². The van der Waals surface area contributed by atoms with Gasteiger partial charge in [-0.25, -0.2) is 0 Å². The molecule has 0 saturated heterocycles. The first-order chi connectivity index (χ1) is 8.06. The van der Waals surface area contributed by atoms with Gasteiger partial charge in [0.1, 0.15) is 5.75 Å². The molecule has 0 fully saturated rings. The summed E-state index contributed by atoms with van der Waals surface area (Å²) in [4.78, 5) is 4.49. The molecule has 0 spiro atoms. The average Bonchev–Trinajstić information content (AvgIpc) is 2.28. The largest absolute Gasteiger partial charge is 0.497 e. The smallest absolute Gasteiger partial charge is 0.122 e. The predicted molar refractivity (Wildman–Crippen MR) is 74.8 cm³/mol. The highest BCUT2D eigenvalue weighted by atomic mass is 79.9. The maximum atomic E-state index is 5.24. The third-order valence-corrected chi connectivity index (χ3v) is 3.43. The summed E-state index contributed by atoms with van der Waals surface area (Å²) in [5, 5.41) is 4.45. The molecule has 1 atom stereocenters. The number of alkyl halides is 1. The zero-order chi connectivity index (χ0) is 12.8.